The van der Waals surface area contributed by atoms with Crippen LogP contribution in [0.1, 0.15) is 38.3 Å². The minimum atomic E-state index is -0.627. The van der Waals surface area contributed by atoms with Crippen molar-refractivity contribution in [3.63, 3.8) is 0 Å². The summed E-state index contributed by atoms with van der Waals surface area (Å²) < 4.78 is 13.7. The first kappa shape index (κ1) is 14.6. The molecule has 3 N–H and O–H groups in total. The van der Waals surface area contributed by atoms with Gasteiger partial charge in [0.25, 0.3) is 0 Å². The molecule has 0 spiro atoms. The number of aliphatic hydroxyl groups excluding tert-OH is 1. The fourth-order valence-corrected chi connectivity index (χ4v) is 1.87. The van der Waals surface area contributed by atoms with E-state index in [1.807, 2.05) is 0 Å². The summed E-state index contributed by atoms with van der Waals surface area (Å²) in [7, 11) is 0. The highest BCUT2D eigenvalue weighted by Gasteiger charge is 2.18. The van der Waals surface area contributed by atoms with Gasteiger partial charge in [0.05, 0.1) is 16.6 Å². The molecule has 1 rings (SSSR count). The van der Waals surface area contributed by atoms with Crippen LogP contribution < -0.4 is 5.73 Å². The van der Waals surface area contributed by atoms with Crippen LogP contribution in [-0.4, -0.2) is 11.2 Å². The molecule has 0 aromatic heterocycles. The van der Waals surface area contributed by atoms with Crippen molar-refractivity contribution in [1.29, 1.82) is 0 Å². The highest BCUT2D eigenvalue weighted by Crippen LogP contribution is 2.23. The molecule has 0 aliphatic heterocycles. The Morgan fingerprint density at radius 2 is 2.00 bits per heavy atom. The van der Waals surface area contributed by atoms with Crippen molar-refractivity contribution in [2.24, 2.45) is 11.7 Å². The molecule has 0 radical (unpaired) electrons. The van der Waals surface area contributed by atoms with E-state index in [4.69, 9.17) is 5.73 Å². The van der Waals surface area contributed by atoms with Gasteiger partial charge in [0, 0.05) is 0 Å². The Kier molecular flexibility index (Phi) is 5.56. The predicted molar refractivity (Wildman–Crippen MR) is 71.1 cm³/mol. The molecule has 2 nitrogen and oxygen atoms in total. The highest BCUT2D eigenvalue weighted by molar-refractivity contribution is 9.10. The fourth-order valence-electron chi connectivity index (χ4n) is 1.63. The van der Waals surface area contributed by atoms with E-state index < -0.39 is 12.1 Å². The van der Waals surface area contributed by atoms with E-state index in [0.29, 0.717) is 22.4 Å². The van der Waals surface area contributed by atoms with Crippen LogP contribution in [0.15, 0.2) is 22.7 Å². The Morgan fingerprint density at radius 3 is 2.53 bits per heavy atom. The maximum Gasteiger partial charge on any atom is 0.137 e. The molecule has 0 heterocycles. The summed E-state index contributed by atoms with van der Waals surface area (Å²) in [6, 6.07) is 4.18. The number of hydrogen-bond donors (Lipinski definition) is 2. The molecule has 96 valence electrons. The number of hydrogen-bond acceptors (Lipinski definition) is 2. The summed E-state index contributed by atoms with van der Waals surface area (Å²) in [5.41, 5.74) is 6.54. The van der Waals surface area contributed by atoms with Gasteiger partial charge in [-0.3, -0.25) is 0 Å². The molecule has 0 fully saturated rings. The van der Waals surface area contributed by atoms with Crippen LogP contribution in [0.3, 0.4) is 0 Å². The maximum atomic E-state index is 13.3. The molecule has 0 aliphatic carbocycles. The Bertz CT molecular complexity index is 370. The lowest BCUT2D eigenvalue weighted by Gasteiger charge is -2.20. The second-order valence-electron chi connectivity index (χ2n) is 4.74. The van der Waals surface area contributed by atoms with Crippen molar-refractivity contribution >= 4 is 15.9 Å². The summed E-state index contributed by atoms with van der Waals surface area (Å²) in [4.78, 5) is 0. The Balaban J connectivity index is 2.67. The van der Waals surface area contributed by atoms with Crippen molar-refractivity contribution in [1.82, 2.24) is 0 Å². The van der Waals surface area contributed by atoms with Crippen LogP contribution in [0.2, 0.25) is 0 Å². The molecule has 0 aliphatic rings. The first-order valence-corrected chi connectivity index (χ1v) is 6.59. The highest BCUT2D eigenvalue weighted by atomic mass is 79.9. The molecular formula is C13H19BrFNO. The van der Waals surface area contributed by atoms with E-state index in [1.54, 1.807) is 12.1 Å². The van der Waals surface area contributed by atoms with Crippen molar-refractivity contribution in [2.45, 2.75) is 38.8 Å². The molecule has 0 saturated carbocycles. The van der Waals surface area contributed by atoms with Crippen molar-refractivity contribution < 1.29 is 9.50 Å². The molecule has 2 atom stereocenters. The van der Waals surface area contributed by atoms with Crippen LogP contribution in [0.4, 0.5) is 4.39 Å². The number of aliphatic hydroxyl groups is 1. The van der Waals surface area contributed by atoms with Crippen molar-refractivity contribution in [3.05, 3.63) is 34.1 Å². The quantitative estimate of drug-likeness (QED) is 0.876. The minimum absolute atomic E-state index is 0.353. The van der Waals surface area contributed by atoms with E-state index in [-0.39, 0.29) is 5.82 Å². The van der Waals surface area contributed by atoms with Crippen LogP contribution >= 0.6 is 15.9 Å². The van der Waals surface area contributed by atoms with Gasteiger partial charge in [-0.15, -0.1) is 0 Å². The first-order chi connectivity index (χ1) is 7.91. The largest absolute Gasteiger partial charge is 0.391 e. The maximum absolute atomic E-state index is 13.3. The summed E-state index contributed by atoms with van der Waals surface area (Å²) in [6.07, 6.45) is 0.919. The van der Waals surface area contributed by atoms with Gasteiger partial charge < -0.3 is 10.8 Å². The topological polar surface area (TPSA) is 46.2 Å². The summed E-state index contributed by atoms with van der Waals surface area (Å²) in [6.45, 7) is 4.19. The Hall–Kier alpha value is -0.450. The van der Waals surface area contributed by atoms with Gasteiger partial charge in [-0.2, -0.15) is 0 Å². The predicted octanol–water partition coefficient (Wildman–Crippen LogP) is 3.39. The van der Waals surface area contributed by atoms with Gasteiger partial charge in [-0.1, -0.05) is 19.9 Å². The van der Waals surface area contributed by atoms with Gasteiger partial charge in [-0.05, 0) is 52.4 Å². The standard InChI is InChI=1S/C13H19BrFNO/c1-8(2)3-6-12(17)13(16)9-4-5-10(14)11(15)7-9/h4-5,7-8,12-13,17H,3,6,16H2,1-2H3/t12-,13+/m1/s1. The fraction of sp³-hybridized carbons (Fsp3) is 0.538. The molecule has 0 unspecified atom stereocenters. The van der Waals surface area contributed by atoms with Crippen LogP contribution in [0.25, 0.3) is 0 Å². The number of halogens is 2. The first-order valence-electron chi connectivity index (χ1n) is 5.80. The molecule has 1 aromatic rings. The smallest absolute Gasteiger partial charge is 0.137 e. The van der Waals surface area contributed by atoms with Gasteiger partial charge in [-0.25, -0.2) is 4.39 Å². The second-order valence-corrected chi connectivity index (χ2v) is 5.59. The van der Waals surface area contributed by atoms with Gasteiger partial charge in [0.15, 0.2) is 0 Å². The molecular weight excluding hydrogens is 285 g/mol. The molecule has 1 aromatic carbocycles. The van der Waals surface area contributed by atoms with Gasteiger partial charge >= 0.3 is 0 Å². The van der Waals surface area contributed by atoms with E-state index in [1.165, 1.54) is 6.07 Å². The number of benzene rings is 1. The summed E-state index contributed by atoms with van der Waals surface area (Å²) in [5.74, 6) is 0.174. The van der Waals surface area contributed by atoms with E-state index in [0.717, 1.165) is 6.42 Å². The minimum Gasteiger partial charge on any atom is -0.391 e. The lowest BCUT2D eigenvalue weighted by molar-refractivity contribution is 0.128. The Morgan fingerprint density at radius 1 is 1.35 bits per heavy atom. The normalized spacial score (nSPS) is 15.0. The van der Waals surface area contributed by atoms with Crippen molar-refractivity contribution in [2.75, 3.05) is 0 Å². The lowest BCUT2D eigenvalue weighted by Crippen LogP contribution is -2.26. The molecule has 0 amide bonds. The van der Waals surface area contributed by atoms with Crippen LogP contribution in [0.5, 0.6) is 0 Å². The zero-order valence-electron chi connectivity index (χ0n) is 10.2. The SMILES string of the molecule is CC(C)CC[C@@H](O)[C@@H](N)c1ccc(Br)c(F)c1. The number of nitrogens with two attached hydrogens (primary N) is 1. The average molecular weight is 304 g/mol. The molecule has 0 bridgehead atoms. The molecule has 17 heavy (non-hydrogen) atoms. The zero-order chi connectivity index (χ0) is 13.0. The van der Waals surface area contributed by atoms with E-state index in [9.17, 15) is 9.50 Å². The third-order valence-electron chi connectivity index (χ3n) is 2.78. The summed E-state index contributed by atoms with van der Waals surface area (Å²) >= 11 is 3.09. The van der Waals surface area contributed by atoms with Gasteiger partial charge in [0.2, 0.25) is 0 Å². The van der Waals surface area contributed by atoms with Crippen LogP contribution in [-0.2, 0) is 0 Å². The van der Waals surface area contributed by atoms with Crippen LogP contribution in [0, 0.1) is 11.7 Å². The Labute approximate surface area is 110 Å². The van der Waals surface area contributed by atoms with Gasteiger partial charge in [0.1, 0.15) is 5.82 Å². The number of rotatable bonds is 5. The molecule has 0 saturated heterocycles. The monoisotopic (exact) mass is 303 g/mol. The third-order valence-corrected chi connectivity index (χ3v) is 3.43. The lowest BCUT2D eigenvalue weighted by atomic mass is 9.96. The van der Waals surface area contributed by atoms with Crippen molar-refractivity contribution in [3.8, 4) is 0 Å². The van der Waals surface area contributed by atoms with E-state index in [2.05, 4.69) is 29.8 Å². The second kappa shape index (κ2) is 6.47. The molecule has 4 heteroatoms. The zero-order valence-corrected chi connectivity index (χ0v) is 11.7. The van der Waals surface area contributed by atoms with E-state index >= 15 is 0 Å². The third kappa shape index (κ3) is 4.37. The summed E-state index contributed by atoms with van der Waals surface area (Å²) in [5, 5.41) is 9.92. The average Bonchev–Trinajstić information content (AvgIpc) is 2.28.